The molecule has 9 heteroatoms. The summed E-state index contributed by atoms with van der Waals surface area (Å²) in [6.45, 7) is 1.94. The number of nitrogens with one attached hydrogen (secondary N) is 2. The third kappa shape index (κ3) is 5.38. The third-order valence-electron chi connectivity index (χ3n) is 3.49. The molecule has 0 fully saturated rings. The zero-order valence-electron chi connectivity index (χ0n) is 14.2. The van der Waals surface area contributed by atoms with Crippen LogP contribution in [0.2, 0.25) is 0 Å². The summed E-state index contributed by atoms with van der Waals surface area (Å²) in [6.07, 6.45) is 0. The SMILES string of the molecule is Cc1ccccc1NC(=O)CSc1nnc(NC(=O)c2ccccc2Br)s1. The van der Waals surface area contributed by atoms with Crippen molar-refractivity contribution >= 4 is 61.7 Å². The predicted molar refractivity (Wildman–Crippen MR) is 113 cm³/mol. The lowest BCUT2D eigenvalue weighted by Gasteiger charge is -2.06. The second kappa shape index (κ2) is 9.12. The Kier molecular flexibility index (Phi) is 6.59. The Labute approximate surface area is 172 Å². The van der Waals surface area contributed by atoms with E-state index in [-0.39, 0.29) is 17.6 Å². The van der Waals surface area contributed by atoms with Gasteiger partial charge in [0.15, 0.2) is 4.34 Å². The average Bonchev–Trinajstić information content (AvgIpc) is 3.09. The highest BCUT2D eigenvalue weighted by atomic mass is 79.9. The molecule has 2 aromatic carbocycles. The minimum atomic E-state index is -0.271. The number of rotatable bonds is 6. The number of benzene rings is 2. The molecule has 1 heterocycles. The van der Waals surface area contributed by atoms with Crippen molar-refractivity contribution in [2.45, 2.75) is 11.3 Å². The monoisotopic (exact) mass is 462 g/mol. The van der Waals surface area contributed by atoms with Crippen molar-refractivity contribution in [3.05, 3.63) is 64.1 Å². The van der Waals surface area contributed by atoms with E-state index < -0.39 is 0 Å². The quantitative estimate of drug-likeness (QED) is 0.413. The molecule has 138 valence electrons. The second-order valence-corrected chi connectivity index (χ2v) is 8.51. The van der Waals surface area contributed by atoms with E-state index in [0.29, 0.717) is 19.5 Å². The molecule has 1 aromatic heterocycles. The molecule has 0 spiro atoms. The second-order valence-electron chi connectivity index (χ2n) is 5.46. The van der Waals surface area contributed by atoms with Gasteiger partial charge in [0.05, 0.1) is 11.3 Å². The van der Waals surface area contributed by atoms with Crippen LogP contribution in [0.25, 0.3) is 0 Å². The van der Waals surface area contributed by atoms with Crippen molar-refractivity contribution in [1.29, 1.82) is 0 Å². The summed E-state index contributed by atoms with van der Waals surface area (Å²) in [5, 5.41) is 13.9. The number of hydrogen-bond acceptors (Lipinski definition) is 6. The van der Waals surface area contributed by atoms with Crippen molar-refractivity contribution in [2.75, 3.05) is 16.4 Å². The van der Waals surface area contributed by atoms with Crippen LogP contribution in [0.1, 0.15) is 15.9 Å². The van der Waals surface area contributed by atoms with Crippen LogP contribution >= 0.6 is 39.0 Å². The Morgan fingerprint density at radius 3 is 2.59 bits per heavy atom. The van der Waals surface area contributed by atoms with Gasteiger partial charge < -0.3 is 5.32 Å². The lowest BCUT2D eigenvalue weighted by atomic mass is 10.2. The lowest BCUT2D eigenvalue weighted by molar-refractivity contribution is -0.113. The van der Waals surface area contributed by atoms with Gasteiger partial charge in [0.1, 0.15) is 0 Å². The van der Waals surface area contributed by atoms with E-state index >= 15 is 0 Å². The van der Waals surface area contributed by atoms with Crippen molar-refractivity contribution in [3.8, 4) is 0 Å². The van der Waals surface area contributed by atoms with Crippen LogP contribution < -0.4 is 10.6 Å². The maximum atomic E-state index is 12.3. The summed E-state index contributed by atoms with van der Waals surface area (Å²) in [7, 11) is 0. The molecule has 3 rings (SSSR count). The van der Waals surface area contributed by atoms with Gasteiger partial charge in [-0.2, -0.15) is 0 Å². The average molecular weight is 463 g/mol. The molecule has 0 aliphatic heterocycles. The molecule has 0 unspecified atom stereocenters. The lowest BCUT2D eigenvalue weighted by Crippen LogP contribution is -2.14. The first-order valence-electron chi connectivity index (χ1n) is 7.90. The predicted octanol–water partition coefficient (Wildman–Crippen LogP) is 4.59. The molecule has 0 saturated carbocycles. The number of carbonyl (C=O) groups is 2. The fourth-order valence-electron chi connectivity index (χ4n) is 2.16. The number of anilines is 2. The number of halogens is 1. The van der Waals surface area contributed by atoms with Gasteiger partial charge in [0.2, 0.25) is 11.0 Å². The normalized spacial score (nSPS) is 10.4. The van der Waals surface area contributed by atoms with Gasteiger partial charge in [0.25, 0.3) is 5.91 Å². The molecule has 0 bridgehead atoms. The van der Waals surface area contributed by atoms with Gasteiger partial charge >= 0.3 is 0 Å². The number of para-hydroxylation sites is 1. The Balaban J connectivity index is 1.54. The highest BCUT2D eigenvalue weighted by Crippen LogP contribution is 2.26. The fraction of sp³-hybridized carbons (Fsp3) is 0.111. The molecule has 0 saturated heterocycles. The molecule has 0 radical (unpaired) electrons. The number of nitrogens with zero attached hydrogens (tertiary/aromatic N) is 2. The zero-order chi connectivity index (χ0) is 19.2. The molecular weight excluding hydrogens is 448 g/mol. The zero-order valence-corrected chi connectivity index (χ0v) is 17.5. The van der Waals surface area contributed by atoms with Crippen LogP contribution in [0.3, 0.4) is 0 Å². The Morgan fingerprint density at radius 1 is 1.07 bits per heavy atom. The van der Waals surface area contributed by atoms with E-state index in [1.54, 1.807) is 18.2 Å². The molecule has 6 nitrogen and oxygen atoms in total. The first-order chi connectivity index (χ1) is 13.0. The molecule has 0 atom stereocenters. The highest BCUT2D eigenvalue weighted by molar-refractivity contribution is 9.10. The van der Waals surface area contributed by atoms with Gasteiger partial charge in [-0.25, -0.2) is 0 Å². The van der Waals surface area contributed by atoms with E-state index in [9.17, 15) is 9.59 Å². The van der Waals surface area contributed by atoms with Gasteiger partial charge in [-0.15, -0.1) is 10.2 Å². The Morgan fingerprint density at radius 2 is 1.81 bits per heavy atom. The molecule has 0 aliphatic carbocycles. The largest absolute Gasteiger partial charge is 0.325 e. The van der Waals surface area contributed by atoms with Crippen LogP contribution in [0.5, 0.6) is 0 Å². The van der Waals surface area contributed by atoms with Gasteiger partial charge in [-0.3, -0.25) is 14.9 Å². The van der Waals surface area contributed by atoms with Crippen molar-refractivity contribution in [3.63, 3.8) is 0 Å². The van der Waals surface area contributed by atoms with E-state index in [2.05, 4.69) is 36.8 Å². The van der Waals surface area contributed by atoms with Crippen LogP contribution in [0.4, 0.5) is 10.8 Å². The summed E-state index contributed by atoms with van der Waals surface area (Å²) in [6, 6.07) is 14.7. The van der Waals surface area contributed by atoms with Crippen LogP contribution in [0.15, 0.2) is 57.3 Å². The summed E-state index contributed by atoms with van der Waals surface area (Å²) in [5.41, 5.74) is 2.31. The van der Waals surface area contributed by atoms with Gasteiger partial charge in [0, 0.05) is 10.2 Å². The number of hydrogen-bond donors (Lipinski definition) is 2. The fourth-order valence-corrected chi connectivity index (χ4v) is 4.17. The van der Waals surface area contributed by atoms with Crippen molar-refractivity contribution < 1.29 is 9.59 Å². The molecule has 0 aliphatic rings. The highest BCUT2D eigenvalue weighted by Gasteiger charge is 2.14. The maximum Gasteiger partial charge on any atom is 0.258 e. The third-order valence-corrected chi connectivity index (χ3v) is 6.15. The molecule has 27 heavy (non-hydrogen) atoms. The number of thioether (sulfide) groups is 1. The first kappa shape index (κ1) is 19.5. The molecular formula is C18H15BrN4O2S2. The topological polar surface area (TPSA) is 84.0 Å². The van der Waals surface area contributed by atoms with Gasteiger partial charge in [-0.05, 0) is 46.6 Å². The standard InChI is InChI=1S/C18H15BrN4O2S2/c1-11-6-2-5-9-14(11)20-15(24)10-26-18-23-22-17(27-18)21-16(25)12-7-3-4-8-13(12)19/h2-9H,10H2,1H3,(H,20,24)(H,21,22,25). The first-order valence-corrected chi connectivity index (χ1v) is 10.5. The minimum absolute atomic E-state index is 0.122. The minimum Gasteiger partial charge on any atom is -0.325 e. The summed E-state index contributed by atoms with van der Waals surface area (Å²) >= 11 is 5.85. The molecule has 2 N–H and O–H groups in total. The number of amides is 2. The van der Waals surface area contributed by atoms with Crippen LogP contribution in [-0.4, -0.2) is 27.8 Å². The van der Waals surface area contributed by atoms with E-state index in [4.69, 9.17) is 0 Å². The van der Waals surface area contributed by atoms with Gasteiger partial charge in [-0.1, -0.05) is 53.4 Å². The summed E-state index contributed by atoms with van der Waals surface area (Å²) in [5.74, 6) is -0.183. The molecule has 3 aromatic rings. The van der Waals surface area contributed by atoms with Crippen molar-refractivity contribution in [1.82, 2.24) is 10.2 Å². The van der Waals surface area contributed by atoms with Crippen LogP contribution in [-0.2, 0) is 4.79 Å². The summed E-state index contributed by atoms with van der Waals surface area (Å²) in [4.78, 5) is 24.4. The summed E-state index contributed by atoms with van der Waals surface area (Å²) < 4.78 is 1.31. The van der Waals surface area contributed by atoms with Crippen molar-refractivity contribution in [2.24, 2.45) is 0 Å². The Hall–Kier alpha value is -2.23. The maximum absolute atomic E-state index is 12.3. The van der Waals surface area contributed by atoms with E-state index in [1.165, 1.54) is 23.1 Å². The number of aryl methyl sites for hydroxylation is 1. The Bertz CT molecular complexity index is 977. The van der Waals surface area contributed by atoms with Crippen LogP contribution in [0, 0.1) is 6.92 Å². The number of carbonyl (C=O) groups excluding carboxylic acids is 2. The molecule has 2 amide bonds. The number of aromatic nitrogens is 2. The van der Waals surface area contributed by atoms with E-state index in [1.807, 2.05) is 37.3 Å². The smallest absolute Gasteiger partial charge is 0.258 e. The van der Waals surface area contributed by atoms with E-state index in [0.717, 1.165) is 11.3 Å².